The molecule has 2 heterocycles. The lowest BCUT2D eigenvalue weighted by molar-refractivity contribution is -0.118. The number of furan rings is 1. The van der Waals surface area contributed by atoms with Crippen molar-refractivity contribution in [2.24, 2.45) is 5.10 Å². The topological polar surface area (TPSA) is 74.9 Å². The van der Waals surface area contributed by atoms with Gasteiger partial charge in [0, 0.05) is 0 Å². The lowest BCUT2D eigenvalue weighted by Gasteiger charge is -2.02. The van der Waals surface area contributed by atoms with Crippen LogP contribution < -0.4 is 5.32 Å². The smallest absolute Gasteiger partial charge is 0.344 e. The highest BCUT2D eigenvalue weighted by Crippen LogP contribution is 2.00. The molecule has 72 valence electrons. The predicted molar refractivity (Wildman–Crippen MR) is 46.5 cm³/mol. The number of urea groups is 1. The lowest BCUT2D eigenvalue weighted by atomic mass is 10.5. The van der Waals surface area contributed by atoms with E-state index in [1.54, 1.807) is 12.1 Å². The van der Waals surface area contributed by atoms with Crippen LogP contribution in [-0.4, -0.2) is 29.7 Å². The van der Waals surface area contributed by atoms with Crippen LogP contribution in [0.3, 0.4) is 0 Å². The second kappa shape index (κ2) is 3.33. The largest absolute Gasteiger partial charge is 0.463 e. The number of nitrogens with one attached hydrogen (secondary N) is 1. The number of carbonyl (C=O) groups excluding carboxylic acids is 2. The van der Waals surface area contributed by atoms with E-state index < -0.39 is 6.03 Å². The van der Waals surface area contributed by atoms with Gasteiger partial charge in [-0.2, -0.15) is 5.10 Å². The van der Waals surface area contributed by atoms with E-state index in [2.05, 4.69) is 10.4 Å². The van der Waals surface area contributed by atoms with Gasteiger partial charge in [0.15, 0.2) is 0 Å². The van der Waals surface area contributed by atoms with E-state index in [-0.39, 0.29) is 12.5 Å². The summed E-state index contributed by atoms with van der Waals surface area (Å²) in [4.78, 5) is 21.7. The normalized spacial score (nSPS) is 16.7. The molecule has 0 spiro atoms. The Hall–Kier alpha value is -2.11. The van der Waals surface area contributed by atoms with Crippen molar-refractivity contribution in [1.82, 2.24) is 10.3 Å². The number of hydrazone groups is 1. The minimum Gasteiger partial charge on any atom is -0.463 e. The molecule has 0 radical (unpaired) electrons. The van der Waals surface area contributed by atoms with Gasteiger partial charge in [-0.1, -0.05) is 0 Å². The Morgan fingerprint density at radius 1 is 1.57 bits per heavy atom. The van der Waals surface area contributed by atoms with E-state index in [1.165, 1.54) is 12.5 Å². The van der Waals surface area contributed by atoms with Gasteiger partial charge in [-0.25, -0.2) is 9.80 Å². The quantitative estimate of drug-likeness (QED) is 0.537. The molecule has 1 aliphatic rings. The molecule has 2 rings (SSSR count). The van der Waals surface area contributed by atoms with Crippen LogP contribution in [0.15, 0.2) is 27.9 Å². The maximum atomic E-state index is 11.0. The van der Waals surface area contributed by atoms with Crippen molar-refractivity contribution in [3.63, 3.8) is 0 Å². The molecule has 3 amide bonds. The number of nitrogens with zero attached hydrogens (tertiary/aromatic N) is 2. The summed E-state index contributed by atoms with van der Waals surface area (Å²) >= 11 is 0. The Morgan fingerprint density at radius 2 is 2.43 bits per heavy atom. The molecule has 0 aliphatic carbocycles. The van der Waals surface area contributed by atoms with Crippen LogP contribution in [-0.2, 0) is 4.79 Å². The maximum absolute atomic E-state index is 11.0. The van der Waals surface area contributed by atoms with E-state index in [0.29, 0.717) is 5.76 Å². The molecular formula is C8H7N3O3. The van der Waals surface area contributed by atoms with Crippen molar-refractivity contribution in [2.75, 3.05) is 6.54 Å². The van der Waals surface area contributed by atoms with Crippen LogP contribution in [0, 0.1) is 0 Å². The van der Waals surface area contributed by atoms with Gasteiger partial charge in [-0.3, -0.25) is 10.1 Å². The van der Waals surface area contributed by atoms with Gasteiger partial charge in [0.1, 0.15) is 12.3 Å². The molecule has 6 nitrogen and oxygen atoms in total. The van der Waals surface area contributed by atoms with Crippen molar-refractivity contribution < 1.29 is 14.0 Å². The first kappa shape index (κ1) is 8.49. The molecule has 1 aromatic rings. The van der Waals surface area contributed by atoms with Crippen LogP contribution in [0.1, 0.15) is 5.76 Å². The van der Waals surface area contributed by atoms with Gasteiger partial charge >= 0.3 is 6.03 Å². The van der Waals surface area contributed by atoms with E-state index in [4.69, 9.17) is 4.42 Å². The third kappa shape index (κ3) is 1.63. The molecule has 1 N–H and O–H groups in total. The maximum Gasteiger partial charge on any atom is 0.344 e. The number of amides is 3. The zero-order valence-corrected chi connectivity index (χ0v) is 7.14. The van der Waals surface area contributed by atoms with Crippen LogP contribution in [0.2, 0.25) is 0 Å². The summed E-state index contributed by atoms with van der Waals surface area (Å²) in [5.41, 5.74) is 0. The first-order valence-electron chi connectivity index (χ1n) is 3.94. The average Bonchev–Trinajstić information content (AvgIpc) is 2.72. The van der Waals surface area contributed by atoms with Crippen LogP contribution in [0.4, 0.5) is 4.79 Å². The zero-order chi connectivity index (χ0) is 9.97. The third-order valence-corrected chi connectivity index (χ3v) is 1.64. The zero-order valence-electron chi connectivity index (χ0n) is 7.14. The van der Waals surface area contributed by atoms with E-state index in [9.17, 15) is 9.59 Å². The van der Waals surface area contributed by atoms with Crippen molar-refractivity contribution >= 4 is 18.2 Å². The molecule has 6 heteroatoms. The van der Waals surface area contributed by atoms with Crippen molar-refractivity contribution in [1.29, 1.82) is 0 Å². The van der Waals surface area contributed by atoms with E-state index >= 15 is 0 Å². The van der Waals surface area contributed by atoms with Gasteiger partial charge in [-0.15, -0.1) is 0 Å². The van der Waals surface area contributed by atoms with Gasteiger partial charge in [-0.05, 0) is 12.1 Å². The lowest BCUT2D eigenvalue weighted by Crippen LogP contribution is -2.24. The monoisotopic (exact) mass is 193 g/mol. The highest BCUT2D eigenvalue weighted by Gasteiger charge is 2.25. The number of hydrogen-bond donors (Lipinski definition) is 1. The van der Waals surface area contributed by atoms with Crippen molar-refractivity contribution in [3.8, 4) is 0 Å². The number of rotatable bonds is 2. The van der Waals surface area contributed by atoms with Gasteiger partial charge in [0.25, 0.3) is 0 Å². The Balaban J connectivity index is 2.04. The fourth-order valence-electron chi connectivity index (χ4n) is 1.02. The van der Waals surface area contributed by atoms with Crippen LogP contribution in [0.5, 0.6) is 0 Å². The summed E-state index contributed by atoms with van der Waals surface area (Å²) < 4.78 is 4.96. The van der Waals surface area contributed by atoms with Crippen molar-refractivity contribution in [3.05, 3.63) is 24.2 Å². The molecule has 1 aliphatic heterocycles. The molecule has 1 fully saturated rings. The minimum atomic E-state index is -0.516. The molecule has 14 heavy (non-hydrogen) atoms. The fraction of sp³-hybridized carbons (Fsp3) is 0.125. The summed E-state index contributed by atoms with van der Waals surface area (Å²) in [5, 5.41) is 6.91. The predicted octanol–water partition coefficient (Wildman–Crippen LogP) is 0.165. The average molecular weight is 193 g/mol. The Bertz CT molecular complexity index is 383. The summed E-state index contributed by atoms with van der Waals surface area (Å²) in [6.07, 6.45) is 2.87. The Labute approximate surface area is 79.2 Å². The van der Waals surface area contributed by atoms with Gasteiger partial charge in [0.05, 0.1) is 12.5 Å². The minimum absolute atomic E-state index is 0.0456. The van der Waals surface area contributed by atoms with Gasteiger partial charge in [0.2, 0.25) is 5.91 Å². The highest BCUT2D eigenvalue weighted by atomic mass is 16.3. The Kier molecular flexibility index (Phi) is 2.02. The first-order chi connectivity index (χ1) is 6.75. The Morgan fingerprint density at radius 3 is 3.00 bits per heavy atom. The highest BCUT2D eigenvalue weighted by molar-refractivity contribution is 6.02. The molecule has 0 aromatic carbocycles. The molecule has 0 unspecified atom stereocenters. The van der Waals surface area contributed by atoms with Gasteiger partial charge < -0.3 is 4.42 Å². The van der Waals surface area contributed by atoms with Crippen LogP contribution >= 0.6 is 0 Å². The number of hydrogen-bond acceptors (Lipinski definition) is 4. The second-order valence-corrected chi connectivity index (χ2v) is 2.67. The van der Waals surface area contributed by atoms with Crippen molar-refractivity contribution in [2.45, 2.75) is 0 Å². The summed E-state index contributed by atoms with van der Waals surface area (Å²) in [7, 11) is 0. The standard InChI is InChI=1S/C8H7N3O3/c12-7-5-11(8(13)10-7)9-4-6-2-1-3-14-6/h1-4H,5H2,(H,10,12,13)/b9-4+. The molecule has 0 bridgehead atoms. The fourth-order valence-corrected chi connectivity index (χ4v) is 1.02. The first-order valence-corrected chi connectivity index (χ1v) is 3.94. The number of carbonyl (C=O) groups is 2. The summed E-state index contributed by atoms with van der Waals surface area (Å²) in [6.45, 7) is -0.0456. The summed E-state index contributed by atoms with van der Waals surface area (Å²) in [5.74, 6) is 0.170. The molecule has 1 aromatic heterocycles. The van der Waals surface area contributed by atoms with Crippen LogP contribution in [0.25, 0.3) is 0 Å². The molecule has 1 saturated heterocycles. The molecular weight excluding hydrogens is 186 g/mol. The molecule has 0 atom stereocenters. The summed E-state index contributed by atoms with van der Waals surface area (Å²) in [6, 6.07) is 2.88. The number of imide groups is 1. The second-order valence-electron chi connectivity index (χ2n) is 2.67. The SMILES string of the molecule is O=C1CN(/N=C/c2ccco2)C(=O)N1. The third-order valence-electron chi connectivity index (χ3n) is 1.64. The van der Waals surface area contributed by atoms with E-state index in [1.807, 2.05) is 0 Å². The molecule has 0 saturated carbocycles. The van der Waals surface area contributed by atoms with E-state index in [0.717, 1.165) is 5.01 Å².